The molecule has 2 heterocycles. The van der Waals surface area contributed by atoms with Crippen molar-refractivity contribution in [2.45, 2.75) is 13.8 Å². The van der Waals surface area contributed by atoms with Crippen molar-refractivity contribution in [3.8, 4) is 17.3 Å². The van der Waals surface area contributed by atoms with Gasteiger partial charge in [0.2, 0.25) is 5.88 Å². The fourth-order valence-corrected chi connectivity index (χ4v) is 3.12. The lowest BCUT2D eigenvalue weighted by Gasteiger charge is -2.08. The number of para-hydroxylation sites is 1. The summed E-state index contributed by atoms with van der Waals surface area (Å²) in [6.45, 7) is 5.18. The Labute approximate surface area is 207 Å². The number of carbonyl (C=O) groups excluding carboxylic acids is 1. The van der Waals surface area contributed by atoms with E-state index in [2.05, 4.69) is 25.1 Å². The number of hydrogen-bond donors (Lipinski definition) is 1. The molecule has 34 heavy (non-hydrogen) atoms. The Morgan fingerprint density at radius 1 is 1.03 bits per heavy atom. The number of aromatic nitrogens is 4. The molecular formula is C24H23Cl2N5O3. The Balaban J connectivity index is 0.000000271. The van der Waals surface area contributed by atoms with Crippen LogP contribution in [0.5, 0.6) is 11.6 Å². The van der Waals surface area contributed by atoms with Gasteiger partial charge >= 0.3 is 0 Å². The maximum absolute atomic E-state index is 9.84. The molecule has 8 nitrogen and oxygen atoms in total. The van der Waals surface area contributed by atoms with Gasteiger partial charge in [-0.05, 0) is 38.1 Å². The minimum absolute atomic E-state index is 0.416. The number of rotatable bonds is 8. The van der Waals surface area contributed by atoms with Crippen molar-refractivity contribution >= 4 is 35.5 Å². The van der Waals surface area contributed by atoms with Gasteiger partial charge in [0.05, 0.1) is 22.9 Å². The van der Waals surface area contributed by atoms with E-state index >= 15 is 0 Å². The van der Waals surface area contributed by atoms with Gasteiger partial charge in [-0.25, -0.2) is 14.6 Å². The molecule has 0 spiro atoms. The summed E-state index contributed by atoms with van der Waals surface area (Å²) < 4.78 is 11.9. The number of nitrogens with zero attached hydrogens (tertiary/aromatic N) is 4. The van der Waals surface area contributed by atoms with Crippen LogP contribution in [0, 0.1) is 13.8 Å². The van der Waals surface area contributed by atoms with Gasteiger partial charge < -0.3 is 14.8 Å². The van der Waals surface area contributed by atoms with E-state index in [0.717, 1.165) is 16.9 Å². The zero-order valence-corrected chi connectivity index (χ0v) is 20.1. The van der Waals surface area contributed by atoms with Gasteiger partial charge in [0.15, 0.2) is 0 Å². The molecule has 4 rings (SSSR count). The maximum atomic E-state index is 9.84. The van der Waals surface area contributed by atoms with Gasteiger partial charge in [0, 0.05) is 12.3 Å². The van der Waals surface area contributed by atoms with Gasteiger partial charge in [0.1, 0.15) is 29.5 Å². The molecule has 0 aliphatic rings. The Morgan fingerprint density at radius 3 is 2.53 bits per heavy atom. The Bertz CT molecular complexity index is 1220. The molecule has 10 heteroatoms. The predicted octanol–water partition coefficient (Wildman–Crippen LogP) is 5.30. The monoisotopic (exact) mass is 499 g/mol. The first-order chi connectivity index (χ1) is 16.5. The molecule has 0 aliphatic carbocycles. The van der Waals surface area contributed by atoms with Crippen molar-refractivity contribution < 1.29 is 14.3 Å². The first kappa shape index (κ1) is 25.0. The molecule has 0 atom stereocenters. The molecule has 0 saturated heterocycles. The summed E-state index contributed by atoms with van der Waals surface area (Å²) in [6.07, 6.45) is 3.27. The van der Waals surface area contributed by atoms with Crippen LogP contribution in [0.15, 0.2) is 67.1 Å². The van der Waals surface area contributed by atoms with Crippen LogP contribution in [0.3, 0.4) is 0 Å². The van der Waals surface area contributed by atoms with Crippen LogP contribution in [-0.4, -0.2) is 39.4 Å². The molecule has 0 aliphatic heterocycles. The number of nitrogens with one attached hydrogen (secondary N) is 1. The highest BCUT2D eigenvalue weighted by Gasteiger charge is 2.07. The Hall–Kier alpha value is -3.62. The van der Waals surface area contributed by atoms with Crippen LogP contribution in [0.1, 0.15) is 11.3 Å². The van der Waals surface area contributed by atoms with E-state index in [9.17, 15) is 4.79 Å². The minimum atomic E-state index is 0.416. The average Bonchev–Trinajstić information content (AvgIpc) is 3.30. The fraction of sp³-hybridized carbons (Fsp3) is 0.167. The highest BCUT2D eigenvalue weighted by molar-refractivity contribution is 6.33. The lowest BCUT2D eigenvalue weighted by atomic mass is 10.2. The smallest absolute Gasteiger partial charge is 0.298 e. The second kappa shape index (κ2) is 12.6. The van der Waals surface area contributed by atoms with Crippen LogP contribution < -0.4 is 14.8 Å². The first-order valence-electron chi connectivity index (χ1n) is 10.3. The van der Waals surface area contributed by atoms with E-state index in [0.29, 0.717) is 47.1 Å². The lowest BCUT2D eigenvalue weighted by Crippen LogP contribution is -2.13. The van der Waals surface area contributed by atoms with E-state index in [-0.39, 0.29) is 0 Å². The normalized spacial score (nSPS) is 10.1. The van der Waals surface area contributed by atoms with Crippen LogP contribution in [0.2, 0.25) is 10.0 Å². The zero-order chi connectivity index (χ0) is 24.3. The van der Waals surface area contributed by atoms with E-state index in [1.165, 1.54) is 6.33 Å². The van der Waals surface area contributed by atoms with Gasteiger partial charge in [-0.3, -0.25) is 4.79 Å². The second-order valence-electron chi connectivity index (χ2n) is 6.97. The number of aryl methyl sites for hydroxylation is 2. The van der Waals surface area contributed by atoms with Crippen molar-refractivity contribution in [1.82, 2.24) is 19.7 Å². The summed E-state index contributed by atoms with van der Waals surface area (Å²) in [5, 5.41) is 8.60. The highest BCUT2D eigenvalue weighted by Crippen LogP contribution is 2.21. The summed E-state index contributed by atoms with van der Waals surface area (Å²) in [4.78, 5) is 17.9. The summed E-state index contributed by atoms with van der Waals surface area (Å²) in [7, 11) is 0. The van der Waals surface area contributed by atoms with E-state index < -0.39 is 0 Å². The topological polar surface area (TPSA) is 91.2 Å². The molecule has 1 N–H and O–H groups in total. The van der Waals surface area contributed by atoms with Crippen LogP contribution >= 0.6 is 23.2 Å². The van der Waals surface area contributed by atoms with Crippen molar-refractivity contribution in [3.63, 3.8) is 0 Å². The molecule has 0 saturated carbocycles. The molecule has 0 unspecified atom stereocenters. The van der Waals surface area contributed by atoms with Crippen molar-refractivity contribution in [2.75, 3.05) is 18.5 Å². The van der Waals surface area contributed by atoms with Crippen LogP contribution in [-0.2, 0) is 4.79 Å². The molecule has 0 radical (unpaired) electrons. The van der Waals surface area contributed by atoms with E-state index in [1.54, 1.807) is 29.1 Å². The van der Waals surface area contributed by atoms with E-state index in [4.69, 9.17) is 27.9 Å². The van der Waals surface area contributed by atoms with Gasteiger partial charge in [-0.15, -0.1) is 5.10 Å². The molecule has 0 fully saturated rings. The number of carbonyl (C=O) groups is 1. The maximum Gasteiger partial charge on any atom is 0.298 e. The third kappa shape index (κ3) is 7.19. The summed E-state index contributed by atoms with van der Waals surface area (Å²) >= 11 is 12.3. The number of anilines is 1. The number of hydrogen-bond acceptors (Lipinski definition) is 7. The van der Waals surface area contributed by atoms with Crippen molar-refractivity contribution in [1.29, 1.82) is 0 Å². The SMILES string of the molecule is Cc1ccc(OC=O)cc1.Cc1ncnc(NCCOc2ccn(-c3ccccc3Cl)n2)c1Cl. The molecule has 176 valence electrons. The van der Waals surface area contributed by atoms with Crippen LogP contribution in [0.25, 0.3) is 5.69 Å². The Morgan fingerprint density at radius 2 is 1.79 bits per heavy atom. The predicted molar refractivity (Wildman–Crippen MR) is 132 cm³/mol. The second-order valence-corrected chi connectivity index (χ2v) is 7.76. The summed E-state index contributed by atoms with van der Waals surface area (Å²) in [5.74, 6) is 1.69. The fourth-order valence-electron chi connectivity index (χ4n) is 2.73. The molecular weight excluding hydrogens is 477 g/mol. The first-order valence-corrected chi connectivity index (χ1v) is 11.0. The molecule has 0 amide bonds. The minimum Gasteiger partial charge on any atom is -0.475 e. The van der Waals surface area contributed by atoms with Crippen LogP contribution in [0.4, 0.5) is 5.82 Å². The molecule has 2 aromatic carbocycles. The largest absolute Gasteiger partial charge is 0.475 e. The average molecular weight is 500 g/mol. The van der Waals surface area contributed by atoms with E-state index in [1.807, 2.05) is 50.2 Å². The number of halogens is 2. The van der Waals surface area contributed by atoms with Gasteiger partial charge in [-0.1, -0.05) is 53.0 Å². The van der Waals surface area contributed by atoms with Gasteiger partial charge in [-0.2, -0.15) is 0 Å². The number of ether oxygens (including phenoxy) is 2. The molecule has 2 aromatic heterocycles. The summed E-state index contributed by atoms with van der Waals surface area (Å²) in [5.41, 5.74) is 2.68. The number of benzene rings is 2. The zero-order valence-electron chi connectivity index (χ0n) is 18.6. The highest BCUT2D eigenvalue weighted by atomic mass is 35.5. The van der Waals surface area contributed by atoms with Crippen molar-refractivity contribution in [3.05, 3.63) is 88.4 Å². The molecule has 4 aromatic rings. The molecule has 0 bridgehead atoms. The lowest BCUT2D eigenvalue weighted by molar-refractivity contribution is -0.120. The van der Waals surface area contributed by atoms with Crippen molar-refractivity contribution in [2.24, 2.45) is 0 Å². The third-order valence-electron chi connectivity index (χ3n) is 4.48. The Kier molecular flexibility index (Phi) is 9.25. The standard InChI is InChI=1S/C16H15Cl2N5O.C8H8O2/c1-11-15(18)16(21-10-20-11)19-7-9-24-14-6-8-23(22-14)13-5-3-2-4-12(13)17;1-7-2-4-8(5-3-7)10-6-9/h2-6,8,10H,7,9H2,1H3,(H,19,20,21);2-6H,1H3. The quantitative estimate of drug-likeness (QED) is 0.259. The third-order valence-corrected chi connectivity index (χ3v) is 5.25. The summed E-state index contributed by atoms with van der Waals surface area (Å²) in [6, 6.07) is 16.5. The van der Waals surface area contributed by atoms with Gasteiger partial charge in [0.25, 0.3) is 6.47 Å².